The Morgan fingerprint density at radius 1 is 1.36 bits per heavy atom. The molecule has 0 unspecified atom stereocenters. The Bertz CT molecular complexity index is 950. The van der Waals surface area contributed by atoms with Crippen LogP contribution >= 0.6 is 24.0 Å². The molecule has 0 bridgehead atoms. The summed E-state index contributed by atoms with van der Waals surface area (Å²) in [4.78, 5) is 8.60. The van der Waals surface area contributed by atoms with Crippen LogP contribution in [0.3, 0.4) is 0 Å². The number of rotatable bonds is 6. The van der Waals surface area contributed by atoms with Gasteiger partial charge in [0.1, 0.15) is 5.75 Å². The average Bonchev–Trinajstić information content (AvgIpc) is 2.98. The van der Waals surface area contributed by atoms with E-state index in [0.717, 1.165) is 17.0 Å². The van der Waals surface area contributed by atoms with E-state index in [0.29, 0.717) is 21.5 Å². The number of nitrogens with one attached hydrogen (secondary N) is 1. The summed E-state index contributed by atoms with van der Waals surface area (Å²) in [6.45, 7) is 1.93. The van der Waals surface area contributed by atoms with Gasteiger partial charge in [-0.3, -0.25) is 5.10 Å². The van der Waals surface area contributed by atoms with E-state index in [4.69, 9.17) is 17.0 Å². The van der Waals surface area contributed by atoms with Gasteiger partial charge in [-0.15, -0.1) is 0 Å². The molecule has 0 radical (unpaired) electrons. The van der Waals surface area contributed by atoms with Gasteiger partial charge in [0, 0.05) is 17.5 Å². The Kier molecular flexibility index (Phi) is 5.56. The molecule has 0 fully saturated rings. The van der Waals surface area contributed by atoms with Crippen LogP contribution in [0.5, 0.6) is 5.75 Å². The molecule has 0 aliphatic rings. The number of benzene rings is 1. The molecule has 1 N–H and O–H groups in total. The lowest BCUT2D eigenvalue weighted by Gasteiger charge is -2.04. The lowest BCUT2D eigenvalue weighted by molar-refractivity contribution is 0.414. The first-order chi connectivity index (χ1) is 12.2. The summed E-state index contributed by atoms with van der Waals surface area (Å²) in [6.07, 6.45) is 3.43. The maximum Gasteiger partial charge on any atom is 0.216 e. The Morgan fingerprint density at radius 3 is 3.00 bits per heavy atom. The van der Waals surface area contributed by atoms with Crippen molar-refractivity contribution >= 4 is 30.2 Å². The minimum absolute atomic E-state index is 0.423. The predicted molar refractivity (Wildman–Crippen MR) is 99.7 cm³/mol. The van der Waals surface area contributed by atoms with Crippen LogP contribution in [0.4, 0.5) is 0 Å². The number of hydrogen-bond acceptors (Lipinski definition) is 7. The Balaban J connectivity index is 1.80. The fraction of sp³-hybridized carbons (Fsp3) is 0.188. The minimum Gasteiger partial charge on any atom is -0.496 e. The van der Waals surface area contributed by atoms with Crippen molar-refractivity contribution in [2.75, 3.05) is 7.11 Å². The van der Waals surface area contributed by atoms with E-state index in [-0.39, 0.29) is 0 Å². The third kappa shape index (κ3) is 4.31. The fourth-order valence-electron chi connectivity index (χ4n) is 2.05. The van der Waals surface area contributed by atoms with Crippen molar-refractivity contribution in [2.45, 2.75) is 17.8 Å². The van der Waals surface area contributed by atoms with Gasteiger partial charge in [-0.1, -0.05) is 23.9 Å². The largest absolute Gasteiger partial charge is 0.496 e. The number of aryl methyl sites for hydroxylation is 1. The molecule has 25 heavy (non-hydrogen) atoms. The second kappa shape index (κ2) is 8.04. The number of ether oxygens (including phenoxy) is 1. The first-order valence-electron chi connectivity index (χ1n) is 7.43. The second-order valence-corrected chi connectivity index (χ2v) is 6.34. The lowest BCUT2D eigenvalue weighted by atomic mass is 10.2. The van der Waals surface area contributed by atoms with Gasteiger partial charge in [0.2, 0.25) is 4.77 Å². The number of methoxy groups -OCH3 is 1. The third-order valence-electron chi connectivity index (χ3n) is 3.27. The van der Waals surface area contributed by atoms with Crippen LogP contribution in [0.25, 0.3) is 0 Å². The summed E-state index contributed by atoms with van der Waals surface area (Å²) in [5.74, 6) is 1.97. The Labute approximate surface area is 154 Å². The topological polar surface area (TPSA) is 81.0 Å². The number of hydrogen-bond donors (Lipinski definition) is 1. The highest BCUT2D eigenvalue weighted by Gasteiger charge is 2.08. The summed E-state index contributed by atoms with van der Waals surface area (Å²) < 4.78 is 7.33. The number of para-hydroxylation sites is 1. The molecule has 7 nitrogen and oxygen atoms in total. The number of aromatic amines is 1. The molecule has 1 aromatic carbocycles. The van der Waals surface area contributed by atoms with Crippen molar-refractivity contribution in [3.8, 4) is 5.75 Å². The average molecular weight is 372 g/mol. The van der Waals surface area contributed by atoms with Crippen LogP contribution in [0.1, 0.15) is 17.1 Å². The maximum absolute atomic E-state index is 5.32. The zero-order chi connectivity index (χ0) is 17.6. The third-order valence-corrected chi connectivity index (χ3v) is 4.39. The van der Waals surface area contributed by atoms with Crippen molar-refractivity contribution in [1.82, 2.24) is 24.8 Å². The van der Waals surface area contributed by atoms with Gasteiger partial charge in [0.25, 0.3) is 0 Å². The summed E-state index contributed by atoms with van der Waals surface area (Å²) >= 11 is 6.73. The molecule has 0 atom stereocenters. The second-order valence-electron chi connectivity index (χ2n) is 5.01. The van der Waals surface area contributed by atoms with Crippen LogP contribution in [0, 0.1) is 11.7 Å². The SMILES string of the molecule is COc1ccccc1/C=N/n1c(CSc2nccc(C)n2)n[nH]c1=S. The van der Waals surface area contributed by atoms with Crippen molar-refractivity contribution in [2.24, 2.45) is 5.10 Å². The molecule has 0 aliphatic heterocycles. The quantitative estimate of drug-likeness (QED) is 0.310. The van der Waals surface area contributed by atoms with E-state index in [1.807, 2.05) is 37.3 Å². The molecule has 2 aromatic heterocycles. The summed E-state index contributed by atoms with van der Waals surface area (Å²) in [5.41, 5.74) is 1.78. The van der Waals surface area contributed by atoms with Gasteiger partial charge in [0.05, 0.1) is 19.1 Å². The van der Waals surface area contributed by atoms with Crippen molar-refractivity contribution < 1.29 is 4.74 Å². The molecule has 0 spiro atoms. The summed E-state index contributed by atoms with van der Waals surface area (Å²) in [6, 6.07) is 9.48. The van der Waals surface area contributed by atoms with Crippen molar-refractivity contribution in [3.63, 3.8) is 0 Å². The van der Waals surface area contributed by atoms with E-state index in [9.17, 15) is 0 Å². The molecule has 3 aromatic rings. The normalized spacial score (nSPS) is 11.1. The molecular weight excluding hydrogens is 356 g/mol. The number of nitrogens with zero attached hydrogens (tertiary/aromatic N) is 5. The highest BCUT2D eigenvalue weighted by atomic mass is 32.2. The predicted octanol–water partition coefficient (Wildman–Crippen LogP) is 3.22. The van der Waals surface area contributed by atoms with E-state index in [2.05, 4.69) is 25.3 Å². The molecular formula is C16H16N6OS2. The maximum atomic E-state index is 5.32. The molecule has 0 aliphatic carbocycles. The van der Waals surface area contributed by atoms with Gasteiger partial charge in [-0.05, 0) is 37.3 Å². The van der Waals surface area contributed by atoms with E-state index < -0.39 is 0 Å². The number of thioether (sulfide) groups is 1. The Hall–Kier alpha value is -2.52. The molecule has 3 rings (SSSR count). The number of H-pyrrole nitrogens is 1. The van der Waals surface area contributed by atoms with Gasteiger partial charge < -0.3 is 4.74 Å². The van der Waals surface area contributed by atoms with Gasteiger partial charge in [0.15, 0.2) is 11.0 Å². The molecule has 0 saturated heterocycles. The van der Waals surface area contributed by atoms with Crippen LogP contribution in [-0.4, -0.2) is 38.2 Å². The molecule has 9 heteroatoms. The van der Waals surface area contributed by atoms with E-state index in [1.54, 1.807) is 24.2 Å². The standard InChI is InChI=1S/C16H16N6OS2/c1-11-7-8-17-15(19-11)25-10-14-20-21-16(24)22(14)18-9-12-5-3-4-6-13(12)23-2/h3-9H,10H2,1-2H3,(H,21,24)/b18-9+. The monoisotopic (exact) mass is 372 g/mol. The van der Waals surface area contributed by atoms with Crippen LogP contribution in [-0.2, 0) is 5.75 Å². The van der Waals surface area contributed by atoms with Gasteiger partial charge >= 0.3 is 0 Å². The van der Waals surface area contributed by atoms with Crippen LogP contribution in [0.15, 0.2) is 46.8 Å². The number of aromatic nitrogens is 5. The Morgan fingerprint density at radius 2 is 2.20 bits per heavy atom. The zero-order valence-corrected chi connectivity index (χ0v) is 15.3. The highest BCUT2D eigenvalue weighted by Crippen LogP contribution is 2.19. The lowest BCUT2D eigenvalue weighted by Crippen LogP contribution is -1.99. The van der Waals surface area contributed by atoms with Crippen LogP contribution in [0.2, 0.25) is 0 Å². The summed E-state index contributed by atoms with van der Waals surface area (Å²) in [5, 5.41) is 12.1. The highest BCUT2D eigenvalue weighted by molar-refractivity contribution is 7.98. The minimum atomic E-state index is 0.423. The molecule has 2 heterocycles. The molecule has 0 amide bonds. The molecule has 0 saturated carbocycles. The summed E-state index contributed by atoms with van der Waals surface area (Å²) in [7, 11) is 1.63. The van der Waals surface area contributed by atoms with Crippen molar-refractivity contribution in [3.05, 3.63) is 58.4 Å². The smallest absolute Gasteiger partial charge is 0.216 e. The van der Waals surface area contributed by atoms with E-state index >= 15 is 0 Å². The zero-order valence-electron chi connectivity index (χ0n) is 13.7. The van der Waals surface area contributed by atoms with Gasteiger partial charge in [-0.2, -0.15) is 14.9 Å². The molecule has 128 valence electrons. The van der Waals surface area contributed by atoms with Crippen molar-refractivity contribution in [1.29, 1.82) is 0 Å². The van der Waals surface area contributed by atoms with E-state index in [1.165, 1.54) is 11.8 Å². The van der Waals surface area contributed by atoms with Crippen LogP contribution < -0.4 is 4.74 Å². The fourth-order valence-corrected chi connectivity index (χ4v) is 3.04. The first kappa shape index (κ1) is 17.3. The first-order valence-corrected chi connectivity index (χ1v) is 8.83. The van der Waals surface area contributed by atoms with Gasteiger partial charge in [-0.25, -0.2) is 9.97 Å².